The smallest absolute Gasteiger partial charge is 0.255 e. The Hall–Kier alpha value is -1.62. The van der Waals surface area contributed by atoms with E-state index < -0.39 is 0 Å². The lowest BCUT2D eigenvalue weighted by Crippen LogP contribution is -2.40. The Morgan fingerprint density at radius 3 is 2.83 bits per heavy atom. The SMILES string of the molecule is C=CCn1c(N2CCOCC2)nc(CC)cc1=O. The molecule has 0 unspecified atom stereocenters. The molecule has 0 saturated carbocycles. The molecular weight excluding hydrogens is 230 g/mol. The largest absolute Gasteiger partial charge is 0.378 e. The highest BCUT2D eigenvalue weighted by molar-refractivity contribution is 5.33. The van der Waals surface area contributed by atoms with Gasteiger partial charge in [-0.3, -0.25) is 9.36 Å². The van der Waals surface area contributed by atoms with Crippen molar-refractivity contribution in [1.29, 1.82) is 0 Å². The Labute approximate surface area is 107 Å². The van der Waals surface area contributed by atoms with Crippen LogP contribution in [0.25, 0.3) is 0 Å². The lowest BCUT2D eigenvalue weighted by atomic mass is 10.3. The van der Waals surface area contributed by atoms with Crippen LogP contribution in [0.2, 0.25) is 0 Å². The average molecular weight is 249 g/mol. The normalized spacial score (nSPS) is 15.7. The molecule has 1 aromatic rings. The maximum Gasteiger partial charge on any atom is 0.255 e. The van der Waals surface area contributed by atoms with Gasteiger partial charge in [0.25, 0.3) is 5.56 Å². The van der Waals surface area contributed by atoms with Crippen LogP contribution in [0.1, 0.15) is 12.6 Å². The van der Waals surface area contributed by atoms with Crippen LogP contribution < -0.4 is 10.5 Å². The summed E-state index contributed by atoms with van der Waals surface area (Å²) < 4.78 is 7.00. The van der Waals surface area contributed by atoms with Crippen LogP contribution in [0.5, 0.6) is 0 Å². The minimum Gasteiger partial charge on any atom is -0.378 e. The van der Waals surface area contributed by atoms with Crippen LogP contribution in [0, 0.1) is 0 Å². The molecule has 0 spiro atoms. The van der Waals surface area contributed by atoms with Crippen LogP contribution in [-0.2, 0) is 17.7 Å². The first kappa shape index (κ1) is 12.8. The minimum absolute atomic E-state index is 0.0109. The molecule has 1 aliphatic heterocycles. The first-order valence-electron chi connectivity index (χ1n) is 6.30. The van der Waals surface area contributed by atoms with Gasteiger partial charge in [-0.2, -0.15) is 0 Å². The summed E-state index contributed by atoms with van der Waals surface area (Å²) in [5, 5.41) is 0. The van der Waals surface area contributed by atoms with Crippen molar-refractivity contribution in [3.05, 3.63) is 34.8 Å². The fraction of sp³-hybridized carbons (Fsp3) is 0.538. The van der Waals surface area contributed by atoms with Crippen LogP contribution >= 0.6 is 0 Å². The maximum absolute atomic E-state index is 12.1. The molecule has 2 heterocycles. The molecule has 5 nitrogen and oxygen atoms in total. The van der Waals surface area contributed by atoms with Crippen molar-refractivity contribution in [3.63, 3.8) is 0 Å². The lowest BCUT2D eigenvalue weighted by molar-refractivity contribution is 0.121. The van der Waals surface area contributed by atoms with E-state index in [0.29, 0.717) is 19.8 Å². The number of hydrogen-bond donors (Lipinski definition) is 0. The molecule has 1 aromatic heterocycles. The van der Waals surface area contributed by atoms with E-state index in [0.717, 1.165) is 31.2 Å². The summed E-state index contributed by atoms with van der Waals surface area (Å²) in [6.07, 6.45) is 2.49. The second-order valence-electron chi connectivity index (χ2n) is 4.24. The number of morpholine rings is 1. The summed E-state index contributed by atoms with van der Waals surface area (Å²) in [6, 6.07) is 1.60. The quantitative estimate of drug-likeness (QED) is 0.742. The highest BCUT2D eigenvalue weighted by atomic mass is 16.5. The summed E-state index contributed by atoms with van der Waals surface area (Å²) in [7, 11) is 0. The van der Waals surface area contributed by atoms with Crippen LogP contribution in [-0.4, -0.2) is 35.9 Å². The zero-order chi connectivity index (χ0) is 13.0. The molecule has 2 rings (SSSR count). The predicted octanol–water partition coefficient (Wildman–Crippen LogP) is 0.828. The molecule has 0 aromatic carbocycles. The predicted molar refractivity (Wildman–Crippen MR) is 71.1 cm³/mol. The number of ether oxygens (including phenoxy) is 1. The van der Waals surface area contributed by atoms with E-state index in [1.165, 1.54) is 0 Å². The van der Waals surface area contributed by atoms with Crippen molar-refractivity contribution in [1.82, 2.24) is 9.55 Å². The summed E-state index contributed by atoms with van der Waals surface area (Å²) in [6.45, 7) is 9.10. The molecular formula is C13H19N3O2. The van der Waals surface area contributed by atoms with Gasteiger partial charge in [0.1, 0.15) is 0 Å². The molecule has 0 radical (unpaired) electrons. The average Bonchev–Trinajstić information content (AvgIpc) is 2.42. The van der Waals surface area contributed by atoms with E-state index in [2.05, 4.69) is 16.5 Å². The maximum atomic E-state index is 12.1. The third-order valence-corrected chi connectivity index (χ3v) is 3.01. The van der Waals surface area contributed by atoms with E-state index in [9.17, 15) is 4.79 Å². The molecule has 5 heteroatoms. The van der Waals surface area contributed by atoms with Crippen molar-refractivity contribution >= 4 is 5.95 Å². The van der Waals surface area contributed by atoms with E-state index in [-0.39, 0.29) is 5.56 Å². The third-order valence-electron chi connectivity index (χ3n) is 3.01. The van der Waals surface area contributed by atoms with Crippen molar-refractivity contribution in [2.45, 2.75) is 19.9 Å². The zero-order valence-corrected chi connectivity index (χ0v) is 10.8. The van der Waals surface area contributed by atoms with Gasteiger partial charge in [-0.25, -0.2) is 4.98 Å². The molecule has 1 aliphatic rings. The molecule has 0 aliphatic carbocycles. The monoisotopic (exact) mass is 249 g/mol. The number of rotatable bonds is 4. The Morgan fingerprint density at radius 2 is 2.22 bits per heavy atom. The highest BCUT2D eigenvalue weighted by Gasteiger charge is 2.17. The molecule has 0 amide bonds. The fourth-order valence-corrected chi connectivity index (χ4v) is 2.03. The summed E-state index contributed by atoms with van der Waals surface area (Å²) in [4.78, 5) is 18.8. The molecule has 18 heavy (non-hydrogen) atoms. The lowest BCUT2D eigenvalue weighted by Gasteiger charge is -2.29. The van der Waals surface area contributed by atoms with Crippen molar-refractivity contribution in [2.75, 3.05) is 31.2 Å². The molecule has 0 atom stereocenters. The van der Waals surface area contributed by atoms with Gasteiger partial charge in [-0.15, -0.1) is 6.58 Å². The number of hydrogen-bond acceptors (Lipinski definition) is 4. The van der Waals surface area contributed by atoms with Gasteiger partial charge in [0.05, 0.1) is 13.2 Å². The molecule has 1 fully saturated rings. The number of allylic oxidation sites excluding steroid dienone is 1. The Bertz CT molecular complexity index is 476. The fourth-order valence-electron chi connectivity index (χ4n) is 2.03. The molecule has 1 saturated heterocycles. The molecule has 98 valence electrons. The number of aryl methyl sites for hydroxylation is 1. The molecule has 0 bridgehead atoms. The van der Waals surface area contributed by atoms with Crippen molar-refractivity contribution < 1.29 is 4.74 Å². The standard InChI is InChI=1S/C13H19N3O2/c1-3-5-16-12(17)10-11(4-2)14-13(16)15-6-8-18-9-7-15/h3,10H,1,4-9H2,2H3. The van der Waals surface area contributed by atoms with Crippen LogP contribution in [0.3, 0.4) is 0 Å². The van der Waals surface area contributed by atoms with Gasteiger partial charge in [0.2, 0.25) is 5.95 Å². The Balaban J connectivity index is 2.43. The van der Waals surface area contributed by atoms with E-state index in [1.54, 1.807) is 16.7 Å². The van der Waals surface area contributed by atoms with Gasteiger partial charge >= 0.3 is 0 Å². The van der Waals surface area contributed by atoms with Gasteiger partial charge in [-0.1, -0.05) is 13.0 Å². The first-order chi connectivity index (χ1) is 8.76. The third kappa shape index (κ3) is 2.61. The number of aromatic nitrogens is 2. The van der Waals surface area contributed by atoms with E-state index in [1.807, 2.05) is 6.92 Å². The van der Waals surface area contributed by atoms with Crippen molar-refractivity contribution in [3.8, 4) is 0 Å². The topological polar surface area (TPSA) is 47.4 Å². The van der Waals surface area contributed by atoms with Gasteiger partial charge in [0, 0.05) is 31.4 Å². The Morgan fingerprint density at radius 1 is 1.50 bits per heavy atom. The van der Waals surface area contributed by atoms with Gasteiger partial charge < -0.3 is 9.64 Å². The highest BCUT2D eigenvalue weighted by Crippen LogP contribution is 2.12. The van der Waals surface area contributed by atoms with Gasteiger partial charge in [-0.05, 0) is 6.42 Å². The second kappa shape index (κ2) is 5.82. The van der Waals surface area contributed by atoms with Crippen LogP contribution in [0.4, 0.5) is 5.95 Å². The number of nitrogens with zero attached hydrogens (tertiary/aromatic N) is 3. The van der Waals surface area contributed by atoms with E-state index in [4.69, 9.17) is 4.74 Å². The minimum atomic E-state index is -0.0109. The first-order valence-corrected chi connectivity index (χ1v) is 6.30. The second-order valence-corrected chi connectivity index (χ2v) is 4.24. The summed E-state index contributed by atoms with van der Waals surface area (Å²) in [5.74, 6) is 0.738. The summed E-state index contributed by atoms with van der Waals surface area (Å²) in [5.41, 5.74) is 0.824. The Kier molecular flexibility index (Phi) is 4.15. The van der Waals surface area contributed by atoms with Crippen molar-refractivity contribution in [2.24, 2.45) is 0 Å². The molecule has 0 N–H and O–H groups in total. The van der Waals surface area contributed by atoms with E-state index >= 15 is 0 Å². The number of anilines is 1. The van der Waals surface area contributed by atoms with Crippen LogP contribution in [0.15, 0.2) is 23.5 Å². The summed E-state index contributed by atoms with van der Waals surface area (Å²) >= 11 is 0. The van der Waals surface area contributed by atoms with Gasteiger partial charge in [0.15, 0.2) is 0 Å². The zero-order valence-electron chi connectivity index (χ0n) is 10.8.